The molecule has 0 saturated carbocycles. The predicted octanol–water partition coefficient (Wildman–Crippen LogP) is 6.52. The molecule has 0 radical (unpaired) electrons. The Morgan fingerprint density at radius 3 is 1.46 bits per heavy atom. The van der Waals surface area contributed by atoms with Crippen molar-refractivity contribution in [3.63, 3.8) is 0 Å². The fraction of sp³-hybridized carbons (Fsp3) is 0.0400. The van der Waals surface area contributed by atoms with Gasteiger partial charge in [0.2, 0.25) is 0 Å². The van der Waals surface area contributed by atoms with E-state index in [-0.39, 0.29) is 0 Å². The van der Waals surface area contributed by atoms with Gasteiger partial charge in [-0.2, -0.15) is 0 Å². The first-order chi connectivity index (χ1) is 13.6. The molecule has 0 aliphatic rings. The van der Waals surface area contributed by atoms with E-state index in [0.29, 0.717) is 11.2 Å². The van der Waals surface area contributed by atoms with Crippen LogP contribution in [0, 0.1) is 0 Å². The van der Waals surface area contributed by atoms with Gasteiger partial charge < -0.3 is 0 Å². The van der Waals surface area contributed by atoms with E-state index in [4.69, 9.17) is 22.8 Å². The van der Waals surface area contributed by atoms with Crippen LogP contribution in [0.4, 0.5) is 0 Å². The third kappa shape index (κ3) is 3.16. The molecule has 3 heteroatoms. The zero-order chi connectivity index (χ0) is 19.5. The third-order valence-corrected chi connectivity index (χ3v) is 12.9. The maximum atomic E-state index is 8.06. The van der Waals surface area contributed by atoms with Gasteiger partial charge in [-0.3, -0.25) is 0 Å². The van der Waals surface area contributed by atoms with Crippen molar-refractivity contribution < 1.29 is 0 Å². The van der Waals surface area contributed by atoms with Crippen LogP contribution in [0.3, 0.4) is 0 Å². The van der Waals surface area contributed by atoms with Crippen LogP contribution in [0.2, 0.25) is 5.02 Å². The van der Waals surface area contributed by atoms with Gasteiger partial charge in [0, 0.05) is 0 Å². The van der Waals surface area contributed by atoms with E-state index < -0.39 is 5.96 Å². The van der Waals surface area contributed by atoms with E-state index in [0.717, 1.165) is 15.9 Å². The summed E-state index contributed by atoms with van der Waals surface area (Å²) < 4.78 is 0. The summed E-state index contributed by atoms with van der Waals surface area (Å²) in [7, 11) is 0. The average Bonchev–Trinajstić information content (AvgIpc) is 2.76. The van der Waals surface area contributed by atoms with Crippen LogP contribution < -0.4 is 15.9 Å². The van der Waals surface area contributed by atoms with Crippen molar-refractivity contribution in [3.8, 4) is 0 Å². The van der Waals surface area contributed by atoms with E-state index in [1.54, 1.807) is 0 Å². The van der Waals surface area contributed by atoms with Gasteiger partial charge in [0.1, 0.15) is 0 Å². The molecule has 0 nitrogen and oxygen atoms in total. The first-order valence-corrected chi connectivity index (χ1v) is 13.0. The summed E-state index contributed by atoms with van der Waals surface area (Å²) in [5.41, 5.74) is 1.20. The van der Waals surface area contributed by atoms with Gasteiger partial charge in [0.05, 0.1) is 0 Å². The van der Waals surface area contributed by atoms with Gasteiger partial charge in [-0.25, -0.2) is 0 Å². The molecule has 0 unspecified atom stereocenters. The van der Waals surface area contributed by atoms with Gasteiger partial charge in [0.15, 0.2) is 0 Å². The number of benzene rings is 4. The van der Waals surface area contributed by atoms with Crippen LogP contribution in [0.15, 0.2) is 115 Å². The fourth-order valence-corrected chi connectivity index (χ4v) is 11.1. The van der Waals surface area contributed by atoms with Crippen molar-refractivity contribution in [2.75, 3.05) is 0 Å². The summed E-state index contributed by atoms with van der Waals surface area (Å²) in [5, 5.41) is 3.97. The van der Waals surface area contributed by atoms with Crippen LogP contribution in [0.5, 0.6) is 0 Å². The van der Waals surface area contributed by atoms with Crippen LogP contribution >= 0.6 is 28.8 Å². The molecule has 0 amide bonds. The number of rotatable bonds is 5. The Morgan fingerprint density at radius 1 is 0.536 bits per heavy atom. The molecule has 0 atom stereocenters. The molecule has 0 N–H and O–H groups in total. The first-order valence-electron chi connectivity index (χ1n) is 9.26. The Hall–Kier alpha value is -2.11. The van der Waals surface area contributed by atoms with Crippen LogP contribution in [-0.4, -0.2) is 0 Å². The summed E-state index contributed by atoms with van der Waals surface area (Å²) in [4.78, 5) is 0. The molecule has 4 aromatic carbocycles. The normalized spacial score (nSPS) is 12.9. The second-order valence-corrected chi connectivity index (χ2v) is 13.8. The molecule has 0 aliphatic heterocycles. The standard InChI is InChI=1S/C25H21Cl2P/c26-24-18-10-11-19-25(24)28(27,22-14-6-2-7-15-22,23-16-8-3-9-17-23)20-21-12-4-1-5-13-21/h1-19H,20H2. The molecule has 0 aromatic heterocycles. The Kier molecular flexibility index (Phi) is 5.30. The Labute approximate surface area is 176 Å². The van der Waals surface area contributed by atoms with E-state index in [1.807, 2.05) is 36.4 Å². The molecular formula is C25H21Cl2P. The molecule has 140 valence electrons. The summed E-state index contributed by atoms with van der Waals surface area (Å²) in [5.74, 6) is -3.39. The zero-order valence-corrected chi connectivity index (χ0v) is 17.8. The summed E-state index contributed by atoms with van der Waals surface area (Å²) >= 11 is 14.9. The van der Waals surface area contributed by atoms with Gasteiger partial charge in [-0.05, 0) is 0 Å². The quantitative estimate of drug-likeness (QED) is 0.321. The second kappa shape index (κ2) is 7.72. The van der Waals surface area contributed by atoms with Gasteiger partial charge in [0.25, 0.3) is 0 Å². The Balaban J connectivity index is 2.13. The Bertz CT molecular complexity index is 1020. The van der Waals surface area contributed by atoms with Gasteiger partial charge in [-0.1, -0.05) is 0 Å². The molecule has 4 aromatic rings. The molecule has 0 bridgehead atoms. The van der Waals surface area contributed by atoms with E-state index >= 15 is 0 Å². The number of halogens is 2. The van der Waals surface area contributed by atoms with Crippen molar-refractivity contribution in [1.82, 2.24) is 0 Å². The van der Waals surface area contributed by atoms with Crippen molar-refractivity contribution in [2.45, 2.75) is 6.16 Å². The third-order valence-electron chi connectivity index (χ3n) is 5.27. The topological polar surface area (TPSA) is 0 Å². The van der Waals surface area contributed by atoms with E-state index in [9.17, 15) is 0 Å². The molecule has 0 fully saturated rings. The van der Waals surface area contributed by atoms with Crippen molar-refractivity contribution in [3.05, 3.63) is 126 Å². The summed E-state index contributed by atoms with van der Waals surface area (Å²) in [6.45, 7) is 0. The number of hydrogen-bond acceptors (Lipinski definition) is 0. The van der Waals surface area contributed by atoms with Gasteiger partial charge >= 0.3 is 177 Å². The van der Waals surface area contributed by atoms with Crippen molar-refractivity contribution in [1.29, 1.82) is 0 Å². The first kappa shape index (κ1) is 19.2. The molecule has 0 saturated heterocycles. The maximum absolute atomic E-state index is 8.06. The van der Waals surface area contributed by atoms with E-state index in [1.165, 1.54) is 5.56 Å². The monoisotopic (exact) mass is 422 g/mol. The minimum atomic E-state index is -3.39. The SMILES string of the molecule is Clc1ccccc1P(Cl)(Cc1ccccc1)(c1ccccc1)c1ccccc1. The molecule has 0 spiro atoms. The van der Waals surface area contributed by atoms with Crippen LogP contribution in [-0.2, 0) is 6.16 Å². The molecule has 0 aliphatic carbocycles. The molecule has 4 rings (SSSR count). The predicted molar refractivity (Wildman–Crippen MR) is 126 cm³/mol. The number of hydrogen-bond donors (Lipinski definition) is 0. The van der Waals surface area contributed by atoms with E-state index in [2.05, 4.69) is 78.9 Å². The zero-order valence-electron chi connectivity index (χ0n) is 15.4. The second-order valence-electron chi connectivity index (χ2n) is 6.95. The van der Waals surface area contributed by atoms with Crippen molar-refractivity contribution in [2.24, 2.45) is 0 Å². The minimum absolute atomic E-state index is 0.700. The molecule has 28 heavy (non-hydrogen) atoms. The fourth-order valence-electron chi connectivity index (χ4n) is 3.93. The summed E-state index contributed by atoms with van der Waals surface area (Å²) in [6.07, 6.45) is 0.700. The average molecular weight is 423 g/mol. The van der Waals surface area contributed by atoms with Gasteiger partial charge in [-0.15, -0.1) is 0 Å². The van der Waals surface area contributed by atoms with Crippen molar-refractivity contribution >= 4 is 44.7 Å². The molecular weight excluding hydrogens is 402 g/mol. The Morgan fingerprint density at radius 2 is 0.964 bits per heavy atom. The summed E-state index contributed by atoms with van der Waals surface area (Å²) in [6, 6.07) is 39.4. The van der Waals surface area contributed by atoms with Crippen LogP contribution in [0.1, 0.15) is 5.56 Å². The van der Waals surface area contributed by atoms with Crippen LogP contribution in [0.25, 0.3) is 0 Å². The molecule has 0 heterocycles.